The second-order valence-electron chi connectivity index (χ2n) is 6.71. The van der Waals surface area contributed by atoms with Gasteiger partial charge in [0, 0.05) is 28.6 Å². The van der Waals surface area contributed by atoms with Crippen LogP contribution in [0, 0.1) is 5.92 Å². The Labute approximate surface area is 161 Å². The first kappa shape index (κ1) is 17.3. The van der Waals surface area contributed by atoms with Crippen LogP contribution in [-0.2, 0) is 0 Å². The van der Waals surface area contributed by atoms with Gasteiger partial charge in [-0.1, -0.05) is 23.4 Å². The lowest BCUT2D eigenvalue weighted by Crippen LogP contribution is -2.62. The Hall–Kier alpha value is -1.08. The number of fused-ring (bicyclic) bond motifs is 3. The molecule has 1 amide bonds. The van der Waals surface area contributed by atoms with Crippen LogP contribution >= 0.6 is 34.9 Å². The Balaban J connectivity index is 1.40. The summed E-state index contributed by atoms with van der Waals surface area (Å²) in [7, 11) is 0. The molecular formula is C18H20ClN3OS2. The minimum absolute atomic E-state index is 0.0267. The van der Waals surface area contributed by atoms with Crippen LogP contribution in [-0.4, -0.2) is 40.4 Å². The lowest BCUT2D eigenvalue weighted by molar-refractivity contribution is 0.0217. The Morgan fingerprint density at radius 3 is 2.64 bits per heavy atom. The summed E-state index contributed by atoms with van der Waals surface area (Å²) in [5.41, 5.74) is 0.712. The zero-order valence-electron chi connectivity index (χ0n) is 13.9. The summed E-state index contributed by atoms with van der Waals surface area (Å²) in [4.78, 5) is 16.2. The molecule has 1 N–H and O–H groups in total. The lowest BCUT2D eigenvalue weighted by atomic mass is 9.79. The average molecular weight is 394 g/mol. The van der Waals surface area contributed by atoms with Gasteiger partial charge in [-0.3, -0.25) is 9.69 Å². The third kappa shape index (κ3) is 3.72. The number of carbonyl (C=O) groups excluding carboxylic acids is 1. The quantitative estimate of drug-likeness (QED) is 0.847. The van der Waals surface area contributed by atoms with E-state index in [1.807, 2.05) is 30.3 Å². The molecule has 0 aliphatic carbocycles. The maximum Gasteiger partial charge on any atom is 0.251 e. The molecule has 3 fully saturated rings. The molecule has 132 valence electrons. The smallest absolute Gasteiger partial charge is 0.251 e. The molecule has 2 atom stereocenters. The first-order valence-corrected chi connectivity index (χ1v) is 10.5. The van der Waals surface area contributed by atoms with Crippen LogP contribution in [0.5, 0.6) is 0 Å². The summed E-state index contributed by atoms with van der Waals surface area (Å²) in [5, 5.41) is 4.16. The van der Waals surface area contributed by atoms with E-state index in [1.54, 1.807) is 11.8 Å². The van der Waals surface area contributed by atoms with Gasteiger partial charge in [-0.25, -0.2) is 0 Å². The Bertz CT molecular complexity index is 754. The molecule has 1 aromatic heterocycles. The van der Waals surface area contributed by atoms with E-state index in [2.05, 4.69) is 21.5 Å². The van der Waals surface area contributed by atoms with Gasteiger partial charge in [-0.2, -0.15) is 4.37 Å². The highest BCUT2D eigenvalue weighted by molar-refractivity contribution is 7.99. The van der Waals surface area contributed by atoms with Crippen molar-refractivity contribution in [3.8, 4) is 0 Å². The molecule has 3 saturated heterocycles. The average Bonchev–Trinajstić information content (AvgIpc) is 3.04. The molecule has 3 aliphatic heterocycles. The topological polar surface area (TPSA) is 45.2 Å². The largest absolute Gasteiger partial charge is 0.347 e. The normalized spacial score (nSPS) is 28.1. The minimum atomic E-state index is 0.0267. The molecule has 1 aromatic carbocycles. The van der Waals surface area contributed by atoms with E-state index in [4.69, 9.17) is 11.6 Å². The van der Waals surface area contributed by atoms with E-state index in [0.717, 1.165) is 9.92 Å². The predicted molar refractivity (Wildman–Crippen MR) is 103 cm³/mol. The van der Waals surface area contributed by atoms with Crippen molar-refractivity contribution in [3.63, 3.8) is 0 Å². The number of hydrogen-bond donors (Lipinski definition) is 1. The molecule has 7 heteroatoms. The Kier molecular flexibility index (Phi) is 5.04. The number of carbonyl (C=O) groups is 1. The lowest BCUT2D eigenvalue weighted by Gasteiger charge is -2.49. The highest BCUT2D eigenvalue weighted by Gasteiger charge is 2.40. The van der Waals surface area contributed by atoms with Gasteiger partial charge in [0.1, 0.15) is 9.36 Å². The van der Waals surface area contributed by atoms with Gasteiger partial charge in [-0.15, -0.1) is 0 Å². The molecule has 0 unspecified atom stereocenters. The van der Waals surface area contributed by atoms with Crippen LogP contribution in [0.25, 0.3) is 0 Å². The van der Waals surface area contributed by atoms with Crippen molar-refractivity contribution in [2.45, 2.75) is 41.8 Å². The molecule has 25 heavy (non-hydrogen) atoms. The molecule has 4 heterocycles. The fraction of sp³-hybridized carbons (Fsp3) is 0.444. The van der Waals surface area contributed by atoms with Crippen molar-refractivity contribution in [3.05, 3.63) is 40.2 Å². The van der Waals surface area contributed by atoms with E-state index in [0.29, 0.717) is 21.9 Å². The van der Waals surface area contributed by atoms with Crippen molar-refractivity contribution in [2.75, 3.05) is 13.1 Å². The summed E-state index contributed by atoms with van der Waals surface area (Å²) >= 11 is 8.75. The second kappa shape index (κ2) is 7.27. The zero-order valence-corrected chi connectivity index (χ0v) is 16.3. The van der Waals surface area contributed by atoms with Gasteiger partial charge in [0.25, 0.3) is 5.91 Å². The summed E-state index contributed by atoms with van der Waals surface area (Å²) in [6.07, 6.45) is 2.39. The number of nitrogens with zero attached hydrogens (tertiary/aromatic N) is 2. The summed E-state index contributed by atoms with van der Waals surface area (Å²) in [6.45, 7) is 4.57. The standard InChI is InChI=1S/C18H20ClN3OS2/c1-11-17(12-6-8-22(11)9-7-12)20-18(23)13-2-4-14(5-3-13)24-16-10-15(19)25-21-16/h2-5,10-12,17H,6-9H2,1H3,(H,20,23)/t11-,17-/m0/s1. The van der Waals surface area contributed by atoms with Gasteiger partial charge in [0.2, 0.25) is 0 Å². The van der Waals surface area contributed by atoms with E-state index in [1.165, 1.54) is 37.5 Å². The van der Waals surface area contributed by atoms with Crippen LogP contribution < -0.4 is 5.32 Å². The number of piperidine rings is 3. The van der Waals surface area contributed by atoms with E-state index >= 15 is 0 Å². The van der Waals surface area contributed by atoms with Crippen LogP contribution in [0.1, 0.15) is 30.1 Å². The third-order valence-corrected chi connectivity index (χ3v) is 7.21. The number of amides is 1. The number of benzene rings is 1. The molecular weight excluding hydrogens is 374 g/mol. The number of hydrogen-bond acceptors (Lipinski definition) is 5. The maximum atomic E-state index is 12.6. The van der Waals surface area contributed by atoms with E-state index in [-0.39, 0.29) is 11.9 Å². The fourth-order valence-corrected chi connectivity index (χ4v) is 5.55. The van der Waals surface area contributed by atoms with E-state index < -0.39 is 0 Å². The summed E-state index contributed by atoms with van der Waals surface area (Å²) in [6, 6.07) is 10.3. The van der Waals surface area contributed by atoms with Crippen molar-refractivity contribution < 1.29 is 4.79 Å². The van der Waals surface area contributed by atoms with Gasteiger partial charge in [0.05, 0.1) is 0 Å². The van der Waals surface area contributed by atoms with Gasteiger partial charge >= 0.3 is 0 Å². The van der Waals surface area contributed by atoms with Crippen LogP contribution in [0.3, 0.4) is 0 Å². The molecule has 2 bridgehead atoms. The molecule has 4 nitrogen and oxygen atoms in total. The first-order valence-electron chi connectivity index (χ1n) is 8.55. The summed E-state index contributed by atoms with van der Waals surface area (Å²) < 4.78 is 4.95. The van der Waals surface area contributed by atoms with Crippen molar-refractivity contribution in [1.29, 1.82) is 0 Å². The number of rotatable bonds is 4. The highest BCUT2D eigenvalue weighted by atomic mass is 35.5. The van der Waals surface area contributed by atoms with E-state index in [9.17, 15) is 4.79 Å². The molecule has 0 saturated carbocycles. The number of nitrogens with one attached hydrogen (secondary N) is 1. The molecule has 3 aliphatic rings. The molecule has 2 aromatic rings. The van der Waals surface area contributed by atoms with Gasteiger partial charge < -0.3 is 5.32 Å². The maximum absolute atomic E-state index is 12.6. The van der Waals surface area contributed by atoms with Crippen molar-refractivity contribution in [1.82, 2.24) is 14.6 Å². The summed E-state index contributed by atoms with van der Waals surface area (Å²) in [5.74, 6) is 0.645. The second-order valence-corrected chi connectivity index (χ2v) is 9.24. The van der Waals surface area contributed by atoms with Gasteiger partial charge in [-0.05, 0) is 74.6 Å². The monoisotopic (exact) mass is 393 g/mol. The SMILES string of the molecule is C[C@H]1[C@H](NC(=O)c2ccc(Sc3cc(Cl)sn3)cc2)C2CCN1CC2. The molecule has 0 spiro atoms. The van der Waals surface area contributed by atoms with Crippen molar-refractivity contribution >= 4 is 40.8 Å². The minimum Gasteiger partial charge on any atom is -0.347 e. The van der Waals surface area contributed by atoms with Crippen LogP contribution in [0.2, 0.25) is 4.34 Å². The highest BCUT2D eigenvalue weighted by Crippen LogP contribution is 2.33. The Morgan fingerprint density at radius 2 is 2.04 bits per heavy atom. The fourth-order valence-electron chi connectivity index (χ4n) is 3.86. The van der Waals surface area contributed by atoms with Crippen LogP contribution in [0.4, 0.5) is 0 Å². The first-order chi connectivity index (χ1) is 12.1. The van der Waals surface area contributed by atoms with Crippen LogP contribution in [0.15, 0.2) is 40.3 Å². The Morgan fingerprint density at radius 1 is 1.32 bits per heavy atom. The molecule has 5 rings (SSSR count). The number of halogens is 1. The number of aromatic nitrogens is 1. The predicted octanol–water partition coefficient (Wildman–Crippen LogP) is 4.16. The van der Waals surface area contributed by atoms with Gasteiger partial charge in [0.15, 0.2) is 0 Å². The zero-order chi connectivity index (χ0) is 17.4. The van der Waals surface area contributed by atoms with Crippen molar-refractivity contribution in [2.24, 2.45) is 5.92 Å². The third-order valence-electron chi connectivity index (χ3n) is 5.27. The molecule has 0 radical (unpaired) electrons.